The van der Waals surface area contributed by atoms with Crippen molar-refractivity contribution in [3.63, 3.8) is 0 Å². The van der Waals surface area contributed by atoms with Gasteiger partial charge in [0.15, 0.2) is 0 Å². The van der Waals surface area contributed by atoms with Gasteiger partial charge in [0.1, 0.15) is 0 Å². The molecule has 0 amide bonds. The minimum atomic E-state index is 1.09. The van der Waals surface area contributed by atoms with Gasteiger partial charge in [0.2, 0.25) is 0 Å². The molecular weight excluding hydrogens is 192 g/mol. The van der Waals surface area contributed by atoms with Gasteiger partial charge in [-0.15, -0.1) is 11.3 Å². The van der Waals surface area contributed by atoms with Crippen molar-refractivity contribution in [2.45, 2.75) is 6.92 Å². The molecule has 0 spiro atoms. The first-order valence-electron chi connectivity index (χ1n) is 4.43. The first-order valence-corrected chi connectivity index (χ1v) is 5.31. The average Bonchev–Trinajstić information content (AvgIpc) is 2.72. The Morgan fingerprint density at radius 3 is 2.93 bits per heavy atom. The summed E-state index contributed by atoms with van der Waals surface area (Å²) >= 11 is 1.76. The van der Waals surface area contributed by atoms with Crippen LogP contribution < -0.4 is 0 Å². The number of aryl methyl sites for hydroxylation is 2. The molecule has 0 unspecified atom stereocenters. The molecule has 0 saturated carbocycles. The quantitative estimate of drug-likeness (QED) is 0.735. The molecule has 0 N–H and O–H groups in total. The fourth-order valence-electron chi connectivity index (χ4n) is 1.56. The fourth-order valence-corrected chi connectivity index (χ4v) is 2.26. The summed E-state index contributed by atoms with van der Waals surface area (Å²) in [4.78, 5) is 1.32. The third-order valence-corrected chi connectivity index (χ3v) is 3.15. The maximum atomic E-state index is 4.23. The smallest absolute Gasteiger partial charge is 0.0762 e. The molecule has 0 aromatic carbocycles. The zero-order chi connectivity index (χ0) is 10.1. The Morgan fingerprint density at radius 2 is 2.36 bits per heavy atom. The molecule has 2 nitrogen and oxygen atoms in total. The van der Waals surface area contributed by atoms with E-state index in [1.165, 1.54) is 10.4 Å². The average molecular weight is 204 g/mol. The number of aromatic nitrogens is 2. The molecule has 2 aromatic rings. The summed E-state index contributed by atoms with van der Waals surface area (Å²) in [5, 5.41) is 6.34. The highest BCUT2D eigenvalue weighted by Crippen LogP contribution is 2.30. The van der Waals surface area contributed by atoms with Crippen molar-refractivity contribution < 1.29 is 0 Å². The summed E-state index contributed by atoms with van der Waals surface area (Å²) in [6, 6.07) is 2.13. The minimum absolute atomic E-state index is 1.09. The zero-order valence-corrected chi connectivity index (χ0v) is 9.14. The maximum Gasteiger partial charge on any atom is 0.0762 e. The second-order valence-corrected chi connectivity index (χ2v) is 4.29. The van der Waals surface area contributed by atoms with Crippen molar-refractivity contribution in [3.05, 3.63) is 34.7 Å². The van der Waals surface area contributed by atoms with E-state index in [9.17, 15) is 0 Å². The number of rotatable bonds is 2. The molecule has 14 heavy (non-hydrogen) atoms. The topological polar surface area (TPSA) is 17.8 Å². The molecule has 0 fully saturated rings. The molecule has 0 bridgehead atoms. The van der Waals surface area contributed by atoms with E-state index in [-0.39, 0.29) is 0 Å². The number of hydrogen-bond donors (Lipinski definition) is 0. The summed E-state index contributed by atoms with van der Waals surface area (Å²) in [5.74, 6) is 0. The van der Waals surface area contributed by atoms with Crippen molar-refractivity contribution in [1.82, 2.24) is 9.78 Å². The molecular formula is C11H12N2S. The molecule has 72 valence electrons. The molecule has 2 heterocycles. The lowest BCUT2D eigenvalue weighted by molar-refractivity contribution is 0.775. The summed E-state index contributed by atoms with van der Waals surface area (Å²) < 4.78 is 1.89. The number of nitrogens with zero attached hydrogens (tertiary/aromatic N) is 2. The van der Waals surface area contributed by atoms with Crippen LogP contribution in [0.15, 0.2) is 24.2 Å². The van der Waals surface area contributed by atoms with E-state index in [1.807, 2.05) is 24.0 Å². The molecule has 3 heteroatoms. The standard InChI is InChI=1S/C11H12N2S/c1-4-9-7-12-13(3)11(9)10-5-6-14-8(10)2/h4-7H,1H2,2-3H3. The second kappa shape index (κ2) is 3.42. The number of thiophene rings is 1. The Hall–Kier alpha value is -1.35. The van der Waals surface area contributed by atoms with Crippen molar-refractivity contribution in [2.24, 2.45) is 7.05 Å². The fraction of sp³-hybridized carbons (Fsp3) is 0.182. The van der Waals surface area contributed by atoms with Crippen LogP contribution >= 0.6 is 11.3 Å². The van der Waals surface area contributed by atoms with E-state index in [2.05, 4.69) is 30.0 Å². The van der Waals surface area contributed by atoms with Gasteiger partial charge >= 0.3 is 0 Å². The molecule has 2 rings (SSSR count). The van der Waals surface area contributed by atoms with Gasteiger partial charge in [0.25, 0.3) is 0 Å². The first kappa shape index (κ1) is 9.21. The van der Waals surface area contributed by atoms with Crippen molar-refractivity contribution in [1.29, 1.82) is 0 Å². The van der Waals surface area contributed by atoms with Crippen molar-refractivity contribution in [2.75, 3.05) is 0 Å². The molecule has 0 radical (unpaired) electrons. The van der Waals surface area contributed by atoms with Crippen LogP contribution in [0.3, 0.4) is 0 Å². The van der Waals surface area contributed by atoms with Gasteiger partial charge in [-0.25, -0.2) is 0 Å². The SMILES string of the molecule is C=Cc1cnn(C)c1-c1ccsc1C. The summed E-state index contributed by atoms with van der Waals surface area (Å²) in [5.41, 5.74) is 3.50. The Morgan fingerprint density at radius 1 is 1.57 bits per heavy atom. The van der Waals surface area contributed by atoms with Gasteiger partial charge < -0.3 is 0 Å². The highest BCUT2D eigenvalue weighted by Gasteiger charge is 2.11. The molecule has 0 aliphatic carbocycles. The molecule has 0 atom stereocenters. The predicted octanol–water partition coefficient (Wildman–Crippen LogP) is 3.10. The van der Waals surface area contributed by atoms with E-state index in [1.54, 1.807) is 11.3 Å². The van der Waals surface area contributed by atoms with Gasteiger partial charge in [-0.05, 0) is 18.4 Å². The lowest BCUT2D eigenvalue weighted by Crippen LogP contribution is -1.94. The summed E-state index contributed by atoms with van der Waals surface area (Å²) in [6.45, 7) is 5.92. The van der Waals surface area contributed by atoms with E-state index in [0.717, 1.165) is 11.3 Å². The van der Waals surface area contributed by atoms with E-state index in [4.69, 9.17) is 0 Å². The Labute approximate surface area is 87.5 Å². The monoisotopic (exact) mass is 204 g/mol. The maximum absolute atomic E-state index is 4.23. The third kappa shape index (κ3) is 1.30. The van der Waals surface area contributed by atoms with Gasteiger partial charge in [-0.1, -0.05) is 12.7 Å². The van der Waals surface area contributed by atoms with Crippen molar-refractivity contribution >= 4 is 17.4 Å². The van der Waals surface area contributed by atoms with Crippen LogP contribution in [0, 0.1) is 6.92 Å². The minimum Gasteiger partial charge on any atom is -0.267 e. The molecule has 0 aliphatic heterocycles. The summed E-state index contributed by atoms with van der Waals surface area (Å²) in [6.07, 6.45) is 3.69. The van der Waals surface area contributed by atoms with Crippen LogP contribution in [-0.2, 0) is 7.05 Å². The van der Waals surface area contributed by atoms with Crippen molar-refractivity contribution in [3.8, 4) is 11.3 Å². The Bertz CT molecular complexity index is 465. The van der Waals surface area contributed by atoms with Crippen LogP contribution in [0.2, 0.25) is 0 Å². The number of hydrogen-bond acceptors (Lipinski definition) is 2. The van der Waals surface area contributed by atoms with E-state index in [0.29, 0.717) is 0 Å². The van der Waals surface area contributed by atoms with Crippen LogP contribution in [0.5, 0.6) is 0 Å². The molecule has 0 aliphatic rings. The normalized spacial score (nSPS) is 10.4. The highest BCUT2D eigenvalue weighted by molar-refractivity contribution is 7.10. The van der Waals surface area contributed by atoms with E-state index < -0.39 is 0 Å². The first-order chi connectivity index (χ1) is 6.74. The van der Waals surface area contributed by atoms with Crippen LogP contribution in [0.25, 0.3) is 17.3 Å². The highest BCUT2D eigenvalue weighted by atomic mass is 32.1. The molecule has 0 saturated heterocycles. The largest absolute Gasteiger partial charge is 0.267 e. The van der Waals surface area contributed by atoms with Gasteiger partial charge in [0, 0.05) is 23.1 Å². The zero-order valence-electron chi connectivity index (χ0n) is 8.32. The lowest BCUT2D eigenvalue weighted by Gasteiger charge is -2.02. The van der Waals surface area contributed by atoms with Gasteiger partial charge in [0.05, 0.1) is 11.9 Å². The lowest BCUT2D eigenvalue weighted by atomic mass is 10.1. The van der Waals surface area contributed by atoms with Crippen LogP contribution in [0.1, 0.15) is 10.4 Å². The summed E-state index contributed by atoms with van der Waals surface area (Å²) in [7, 11) is 1.96. The van der Waals surface area contributed by atoms with Gasteiger partial charge in [-0.2, -0.15) is 5.10 Å². The van der Waals surface area contributed by atoms with Crippen LogP contribution in [0.4, 0.5) is 0 Å². The Kier molecular flexibility index (Phi) is 2.25. The predicted molar refractivity (Wildman–Crippen MR) is 61.3 cm³/mol. The molecule has 2 aromatic heterocycles. The van der Waals surface area contributed by atoms with E-state index >= 15 is 0 Å². The Balaban J connectivity index is 2.66. The third-order valence-electron chi connectivity index (χ3n) is 2.30. The van der Waals surface area contributed by atoms with Crippen LogP contribution in [-0.4, -0.2) is 9.78 Å². The van der Waals surface area contributed by atoms with Gasteiger partial charge in [-0.3, -0.25) is 4.68 Å². The second-order valence-electron chi connectivity index (χ2n) is 3.17.